The SMILES string of the molecule is CCOC(=O)c1cnn(Cc2c(Cl)c(C)nn2C)c1. The summed E-state index contributed by atoms with van der Waals surface area (Å²) in [7, 11) is 1.82. The molecule has 2 rings (SSSR count). The quantitative estimate of drug-likeness (QED) is 0.802. The highest BCUT2D eigenvalue weighted by molar-refractivity contribution is 6.31. The van der Waals surface area contributed by atoms with Crippen LogP contribution in [0.5, 0.6) is 0 Å². The zero-order valence-electron chi connectivity index (χ0n) is 11.1. The van der Waals surface area contributed by atoms with Crippen LogP contribution in [-0.4, -0.2) is 32.1 Å². The molecule has 0 spiro atoms. The van der Waals surface area contributed by atoms with Gasteiger partial charge in [0.25, 0.3) is 0 Å². The Bertz CT molecular complexity index is 603. The molecule has 0 aromatic carbocycles. The van der Waals surface area contributed by atoms with Crippen molar-refractivity contribution in [2.24, 2.45) is 7.05 Å². The van der Waals surface area contributed by atoms with Crippen LogP contribution in [0.25, 0.3) is 0 Å². The normalized spacial score (nSPS) is 10.7. The van der Waals surface area contributed by atoms with Crippen LogP contribution in [0, 0.1) is 6.92 Å². The molecule has 0 fully saturated rings. The number of ether oxygens (including phenoxy) is 1. The highest BCUT2D eigenvalue weighted by Crippen LogP contribution is 2.20. The molecule has 0 radical (unpaired) electrons. The first kappa shape index (κ1) is 13.6. The predicted octanol–water partition coefficient (Wildman–Crippen LogP) is 1.80. The average molecular weight is 283 g/mol. The molecule has 0 aliphatic heterocycles. The van der Waals surface area contributed by atoms with Crippen molar-refractivity contribution in [1.29, 1.82) is 0 Å². The number of aryl methyl sites for hydroxylation is 2. The molecular weight excluding hydrogens is 268 g/mol. The second-order valence-electron chi connectivity index (χ2n) is 4.12. The number of carbonyl (C=O) groups excluding carboxylic acids is 1. The molecule has 6 nitrogen and oxygen atoms in total. The summed E-state index contributed by atoms with van der Waals surface area (Å²) in [6.07, 6.45) is 3.12. The Labute approximate surface area is 115 Å². The van der Waals surface area contributed by atoms with Crippen molar-refractivity contribution in [1.82, 2.24) is 19.6 Å². The fraction of sp³-hybridized carbons (Fsp3) is 0.417. The molecule has 0 aliphatic carbocycles. The molecule has 2 aromatic rings. The van der Waals surface area contributed by atoms with Crippen molar-refractivity contribution < 1.29 is 9.53 Å². The third kappa shape index (κ3) is 2.78. The second-order valence-corrected chi connectivity index (χ2v) is 4.49. The summed E-state index contributed by atoms with van der Waals surface area (Å²) in [6, 6.07) is 0. The summed E-state index contributed by atoms with van der Waals surface area (Å²) >= 11 is 6.17. The van der Waals surface area contributed by atoms with E-state index in [2.05, 4.69) is 10.2 Å². The van der Waals surface area contributed by atoms with Gasteiger partial charge in [-0.15, -0.1) is 0 Å². The van der Waals surface area contributed by atoms with Crippen molar-refractivity contribution in [2.45, 2.75) is 20.4 Å². The van der Waals surface area contributed by atoms with E-state index < -0.39 is 0 Å². The number of rotatable bonds is 4. The Kier molecular flexibility index (Phi) is 3.90. The van der Waals surface area contributed by atoms with E-state index in [4.69, 9.17) is 16.3 Å². The van der Waals surface area contributed by atoms with Crippen LogP contribution in [-0.2, 0) is 18.3 Å². The minimum atomic E-state index is -0.374. The van der Waals surface area contributed by atoms with Crippen molar-refractivity contribution in [2.75, 3.05) is 6.61 Å². The van der Waals surface area contributed by atoms with Gasteiger partial charge in [0.05, 0.1) is 41.3 Å². The zero-order chi connectivity index (χ0) is 14.0. The molecule has 0 N–H and O–H groups in total. The highest BCUT2D eigenvalue weighted by Gasteiger charge is 2.14. The molecule has 0 atom stereocenters. The molecular formula is C12H15ClN4O2. The van der Waals surface area contributed by atoms with Crippen LogP contribution < -0.4 is 0 Å². The van der Waals surface area contributed by atoms with E-state index in [1.165, 1.54) is 6.20 Å². The summed E-state index contributed by atoms with van der Waals surface area (Å²) in [6.45, 7) is 4.41. The van der Waals surface area contributed by atoms with Gasteiger partial charge in [-0.05, 0) is 13.8 Å². The van der Waals surface area contributed by atoms with Gasteiger partial charge in [-0.1, -0.05) is 11.6 Å². The lowest BCUT2D eigenvalue weighted by Gasteiger charge is -2.03. The summed E-state index contributed by atoms with van der Waals surface area (Å²) in [5.41, 5.74) is 2.05. The maximum atomic E-state index is 11.5. The van der Waals surface area contributed by atoms with Crippen LogP contribution in [0.4, 0.5) is 0 Å². The number of aromatic nitrogens is 4. The van der Waals surface area contributed by atoms with Gasteiger partial charge < -0.3 is 4.74 Å². The van der Waals surface area contributed by atoms with Gasteiger partial charge in [0.15, 0.2) is 0 Å². The molecule has 2 aromatic heterocycles. The maximum absolute atomic E-state index is 11.5. The van der Waals surface area contributed by atoms with Crippen LogP contribution >= 0.6 is 11.6 Å². The summed E-state index contributed by atoms with van der Waals surface area (Å²) < 4.78 is 8.25. The number of hydrogen-bond acceptors (Lipinski definition) is 4. The first-order valence-corrected chi connectivity index (χ1v) is 6.28. The van der Waals surface area contributed by atoms with Crippen molar-refractivity contribution in [3.63, 3.8) is 0 Å². The fourth-order valence-electron chi connectivity index (χ4n) is 1.78. The first-order chi connectivity index (χ1) is 9.02. The molecule has 7 heteroatoms. The van der Waals surface area contributed by atoms with Gasteiger partial charge in [-0.25, -0.2) is 4.79 Å². The Morgan fingerprint density at radius 2 is 2.26 bits per heavy atom. The smallest absolute Gasteiger partial charge is 0.341 e. The Morgan fingerprint density at radius 3 is 2.84 bits per heavy atom. The zero-order valence-corrected chi connectivity index (χ0v) is 11.8. The lowest BCUT2D eigenvalue weighted by Crippen LogP contribution is -2.07. The number of esters is 1. The molecule has 0 amide bonds. The number of hydrogen-bond donors (Lipinski definition) is 0. The van der Waals surface area contributed by atoms with Crippen LogP contribution in [0.3, 0.4) is 0 Å². The molecule has 19 heavy (non-hydrogen) atoms. The minimum absolute atomic E-state index is 0.344. The van der Waals surface area contributed by atoms with Gasteiger partial charge in [-0.3, -0.25) is 9.36 Å². The lowest BCUT2D eigenvalue weighted by molar-refractivity contribution is 0.0526. The lowest BCUT2D eigenvalue weighted by atomic mass is 10.3. The van der Waals surface area contributed by atoms with Gasteiger partial charge in [0, 0.05) is 13.2 Å². The molecule has 102 valence electrons. The summed E-state index contributed by atoms with van der Waals surface area (Å²) in [4.78, 5) is 11.5. The summed E-state index contributed by atoms with van der Waals surface area (Å²) in [5, 5.41) is 8.97. The van der Waals surface area contributed by atoms with Crippen molar-refractivity contribution >= 4 is 17.6 Å². The van der Waals surface area contributed by atoms with Crippen molar-refractivity contribution in [3.05, 3.63) is 34.4 Å². The van der Waals surface area contributed by atoms with Crippen LogP contribution in [0.15, 0.2) is 12.4 Å². The Morgan fingerprint density at radius 1 is 1.53 bits per heavy atom. The molecule has 2 heterocycles. The highest BCUT2D eigenvalue weighted by atomic mass is 35.5. The fourth-order valence-corrected chi connectivity index (χ4v) is 2.00. The second kappa shape index (κ2) is 5.44. The van der Waals surface area contributed by atoms with E-state index in [0.717, 1.165) is 11.4 Å². The molecule has 0 saturated heterocycles. The third-order valence-corrected chi connectivity index (χ3v) is 3.21. The molecule has 0 unspecified atom stereocenters. The Hall–Kier alpha value is -1.82. The predicted molar refractivity (Wildman–Crippen MR) is 70.2 cm³/mol. The number of carbonyl (C=O) groups is 1. The third-order valence-electron chi connectivity index (χ3n) is 2.72. The minimum Gasteiger partial charge on any atom is -0.462 e. The molecule has 0 bridgehead atoms. The average Bonchev–Trinajstić information content (AvgIpc) is 2.91. The largest absolute Gasteiger partial charge is 0.462 e. The van der Waals surface area contributed by atoms with Crippen LogP contribution in [0.1, 0.15) is 28.7 Å². The first-order valence-electron chi connectivity index (χ1n) is 5.90. The van der Waals surface area contributed by atoms with E-state index in [0.29, 0.717) is 23.7 Å². The van der Waals surface area contributed by atoms with Gasteiger partial charge >= 0.3 is 5.97 Å². The molecule has 0 aliphatic rings. The van der Waals surface area contributed by atoms with E-state index >= 15 is 0 Å². The van der Waals surface area contributed by atoms with E-state index in [9.17, 15) is 4.79 Å². The molecule has 0 saturated carbocycles. The Balaban J connectivity index is 2.18. The van der Waals surface area contributed by atoms with Gasteiger partial charge in [0.2, 0.25) is 0 Å². The number of halogens is 1. The van der Waals surface area contributed by atoms with Gasteiger partial charge in [0.1, 0.15) is 0 Å². The standard InChI is InChI=1S/C12H15ClN4O2/c1-4-19-12(18)9-5-14-17(6-9)7-10-11(13)8(2)15-16(10)3/h5-6H,4,7H2,1-3H3. The topological polar surface area (TPSA) is 61.9 Å². The van der Waals surface area contributed by atoms with Gasteiger partial charge in [-0.2, -0.15) is 10.2 Å². The monoisotopic (exact) mass is 282 g/mol. The van der Waals surface area contributed by atoms with E-state index in [1.54, 1.807) is 22.5 Å². The van der Waals surface area contributed by atoms with E-state index in [1.807, 2.05) is 14.0 Å². The number of nitrogens with zero attached hydrogens (tertiary/aromatic N) is 4. The van der Waals surface area contributed by atoms with E-state index in [-0.39, 0.29) is 5.97 Å². The van der Waals surface area contributed by atoms with Crippen molar-refractivity contribution in [3.8, 4) is 0 Å². The van der Waals surface area contributed by atoms with Crippen LogP contribution in [0.2, 0.25) is 5.02 Å². The summed E-state index contributed by atoms with van der Waals surface area (Å²) in [5.74, 6) is -0.374. The maximum Gasteiger partial charge on any atom is 0.341 e.